The van der Waals surface area contributed by atoms with Crippen molar-refractivity contribution in [1.29, 1.82) is 0 Å². The fourth-order valence-electron chi connectivity index (χ4n) is 3.61. The molecule has 1 aliphatic carbocycles. The van der Waals surface area contributed by atoms with Gasteiger partial charge in [-0.3, -0.25) is 0 Å². The Bertz CT molecular complexity index is 576. The molecular formula is C20H31N3O2. The van der Waals surface area contributed by atoms with Crippen LogP contribution in [0.25, 0.3) is 0 Å². The lowest BCUT2D eigenvalue weighted by Crippen LogP contribution is -2.39. The molecular weight excluding hydrogens is 314 g/mol. The topological polar surface area (TPSA) is 46.1 Å². The molecule has 5 nitrogen and oxygen atoms in total. The van der Waals surface area contributed by atoms with Gasteiger partial charge >= 0.3 is 0 Å². The van der Waals surface area contributed by atoms with Gasteiger partial charge in [0.2, 0.25) is 0 Å². The average molecular weight is 345 g/mol. The maximum atomic E-state index is 6.12. The van der Waals surface area contributed by atoms with Crippen molar-refractivity contribution in [1.82, 2.24) is 10.2 Å². The van der Waals surface area contributed by atoms with E-state index in [1.165, 1.54) is 25.7 Å². The van der Waals surface area contributed by atoms with Gasteiger partial charge in [0.05, 0.1) is 19.8 Å². The van der Waals surface area contributed by atoms with Crippen molar-refractivity contribution in [2.24, 2.45) is 4.99 Å². The third-order valence-electron chi connectivity index (χ3n) is 4.98. The highest BCUT2D eigenvalue weighted by Gasteiger charge is 2.19. The molecule has 2 fully saturated rings. The van der Waals surface area contributed by atoms with Gasteiger partial charge in [0.25, 0.3) is 0 Å². The first kappa shape index (κ1) is 17.9. The van der Waals surface area contributed by atoms with Gasteiger partial charge in [0, 0.05) is 19.6 Å². The number of hydrogen-bond donors (Lipinski definition) is 1. The number of nitrogens with zero attached hydrogens (tertiary/aromatic N) is 2. The van der Waals surface area contributed by atoms with Crippen LogP contribution in [0.1, 0.15) is 51.0 Å². The Morgan fingerprint density at radius 2 is 1.92 bits per heavy atom. The number of ether oxygens (including phenoxy) is 2. The van der Waals surface area contributed by atoms with E-state index in [9.17, 15) is 0 Å². The van der Waals surface area contributed by atoms with Crippen LogP contribution >= 0.6 is 0 Å². The third kappa shape index (κ3) is 4.80. The van der Waals surface area contributed by atoms with Crippen LogP contribution in [0.2, 0.25) is 0 Å². The lowest BCUT2D eigenvalue weighted by Gasteiger charge is -2.21. The second kappa shape index (κ2) is 8.97. The van der Waals surface area contributed by atoms with Gasteiger partial charge in [0.15, 0.2) is 17.5 Å². The van der Waals surface area contributed by atoms with Gasteiger partial charge in [0.1, 0.15) is 0 Å². The summed E-state index contributed by atoms with van der Waals surface area (Å²) in [5, 5.41) is 3.40. The summed E-state index contributed by atoms with van der Waals surface area (Å²) in [5.74, 6) is 2.68. The Hall–Kier alpha value is -1.91. The first-order valence-corrected chi connectivity index (χ1v) is 9.67. The zero-order valence-electron chi connectivity index (χ0n) is 15.6. The second-order valence-electron chi connectivity index (χ2n) is 6.87. The molecule has 0 bridgehead atoms. The van der Waals surface area contributed by atoms with Crippen molar-refractivity contribution in [2.45, 2.75) is 58.1 Å². The third-order valence-corrected chi connectivity index (χ3v) is 4.98. The largest absolute Gasteiger partial charge is 0.493 e. The molecule has 0 spiro atoms. The van der Waals surface area contributed by atoms with Crippen molar-refractivity contribution < 1.29 is 9.47 Å². The van der Waals surface area contributed by atoms with Crippen LogP contribution in [0.4, 0.5) is 0 Å². The van der Waals surface area contributed by atoms with E-state index in [1.54, 1.807) is 7.11 Å². The van der Waals surface area contributed by atoms with Gasteiger partial charge in [-0.1, -0.05) is 6.07 Å². The normalized spacial score (nSPS) is 18.6. The summed E-state index contributed by atoms with van der Waals surface area (Å²) < 4.78 is 11.7. The smallest absolute Gasteiger partial charge is 0.194 e. The molecule has 0 unspecified atom stereocenters. The van der Waals surface area contributed by atoms with Gasteiger partial charge in [-0.15, -0.1) is 0 Å². The Morgan fingerprint density at radius 3 is 2.60 bits per heavy atom. The number of guanidine groups is 1. The zero-order chi connectivity index (χ0) is 17.5. The van der Waals surface area contributed by atoms with Gasteiger partial charge in [-0.25, -0.2) is 4.99 Å². The molecule has 0 atom stereocenters. The standard InChI is InChI=1S/C20H31N3O2/c1-3-21-20(23-12-6-7-13-23)22-15-16-10-11-18(19(14-16)24-2)25-17-8-4-5-9-17/h10-11,14,17H,3-9,12-13,15H2,1-2H3,(H,21,22). The van der Waals surface area contributed by atoms with E-state index in [0.29, 0.717) is 12.6 Å². The average Bonchev–Trinajstić information content (AvgIpc) is 3.33. The van der Waals surface area contributed by atoms with Crippen molar-refractivity contribution in [3.63, 3.8) is 0 Å². The van der Waals surface area contributed by atoms with Crippen molar-refractivity contribution in [3.05, 3.63) is 23.8 Å². The maximum Gasteiger partial charge on any atom is 0.194 e. The maximum absolute atomic E-state index is 6.12. The summed E-state index contributed by atoms with van der Waals surface area (Å²) in [4.78, 5) is 7.15. The van der Waals surface area contributed by atoms with Gasteiger partial charge in [-0.05, 0) is 63.1 Å². The molecule has 3 rings (SSSR count). The lowest BCUT2D eigenvalue weighted by atomic mass is 10.2. The summed E-state index contributed by atoms with van der Waals surface area (Å²) in [6.07, 6.45) is 7.69. The van der Waals surface area contributed by atoms with Crippen LogP contribution in [0.3, 0.4) is 0 Å². The molecule has 1 N–H and O–H groups in total. The van der Waals surface area contributed by atoms with E-state index in [0.717, 1.165) is 55.5 Å². The summed E-state index contributed by atoms with van der Waals surface area (Å²) in [6.45, 7) is 5.86. The highest BCUT2D eigenvalue weighted by atomic mass is 16.5. The van der Waals surface area contributed by atoms with E-state index in [2.05, 4.69) is 29.3 Å². The summed E-state index contributed by atoms with van der Waals surface area (Å²) in [6, 6.07) is 6.19. The lowest BCUT2D eigenvalue weighted by molar-refractivity contribution is 0.200. The number of likely N-dealkylation sites (tertiary alicyclic amines) is 1. The van der Waals surface area contributed by atoms with Crippen LogP contribution in [0.15, 0.2) is 23.2 Å². The molecule has 1 saturated heterocycles. The fraction of sp³-hybridized carbons (Fsp3) is 0.650. The van der Waals surface area contributed by atoms with Crippen molar-refractivity contribution in [3.8, 4) is 11.5 Å². The Balaban J connectivity index is 1.67. The molecule has 1 aromatic rings. The van der Waals surface area contributed by atoms with Crippen LogP contribution < -0.4 is 14.8 Å². The quantitative estimate of drug-likeness (QED) is 0.632. The minimum absolute atomic E-state index is 0.341. The molecule has 0 aromatic heterocycles. The molecule has 2 aliphatic rings. The van der Waals surface area contributed by atoms with Crippen LogP contribution in [-0.2, 0) is 6.54 Å². The summed E-state index contributed by atoms with van der Waals surface area (Å²) >= 11 is 0. The Labute approximate surface area is 151 Å². The molecule has 5 heteroatoms. The number of benzene rings is 1. The molecule has 0 radical (unpaired) electrons. The Morgan fingerprint density at radius 1 is 1.16 bits per heavy atom. The first-order chi connectivity index (χ1) is 12.3. The van der Waals surface area contributed by atoms with E-state index in [4.69, 9.17) is 14.5 Å². The van der Waals surface area contributed by atoms with Gasteiger partial charge in [-0.2, -0.15) is 0 Å². The zero-order valence-corrected chi connectivity index (χ0v) is 15.6. The number of methoxy groups -OCH3 is 1. The van der Waals surface area contributed by atoms with E-state index < -0.39 is 0 Å². The Kier molecular flexibility index (Phi) is 6.42. The van der Waals surface area contributed by atoms with Crippen molar-refractivity contribution >= 4 is 5.96 Å². The predicted octanol–water partition coefficient (Wildman–Crippen LogP) is 3.58. The number of nitrogens with one attached hydrogen (secondary N) is 1. The number of rotatable bonds is 6. The second-order valence-corrected chi connectivity index (χ2v) is 6.87. The molecule has 138 valence electrons. The molecule has 0 amide bonds. The molecule has 25 heavy (non-hydrogen) atoms. The number of aliphatic imine (C=N–C) groups is 1. The van der Waals surface area contributed by atoms with Crippen LogP contribution in [0.5, 0.6) is 11.5 Å². The molecule has 1 aliphatic heterocycles. The monoisotopic (exact) mass is 345 g/mol. The van der Waals surface area contributed by atoms with E-state index in [1.807, 2.05) is 6.07 Å². The van der Waals surface area contributed by atoms with Crippen molar-refractivity contribution in [2.75, 3.05) is 26.7 Å². The van der Waals surface area contributed by atoms with E-state index in [-0.39, 0.29) is 0 Å². The highest BCUT2D eigenvalue weighted by molar-refractivity contribution is 5.80. The van der Waals surface area contributed by atoms with Gasteiger partial charge < -0.3 is 19.7 Å². The first-order valence-electron chi connectivity index (χ1n) is 9.67. The fourth-order valence-corrected chi connectivity index (χ4v) is 3.61. The van der Waals surface area contributed by atoms with Crippen LogP contribution in [-0.4, -0.2) is 43.7 Å². The SMILES string of the molecule is CCNC(=NCc1ccc(OC2CCCC2)c(OC)c1)N1CCCC1. The molecule has 1 heterocycles. The number of hydrogen-bond acceptors (Lipinski definition) is 3. The summed E-state index contributed by atoms with van der Waals surface area (Å²) in [7, 11) is 1.71. The summed E-state index contributed by atoms with van der Waals surface area (Å²) in [5.41, 5.74) is 1.14. The highest BCUT2D eigenvalue weighted by Crippen LogP contribution is 2.32. The minimum Gasteiger partial charge on any atom is -0.493 e. The van der Waals surface area contributed by atoms with Crippen LogP contribution in [0, 0.1) is 0 Å². The molecule has 1 aromatic carbocycles. The predicted molar refractivity (Wildman–Crippen MR) is 102 cm³/mol. The minimum atomic E-state index is 0.341. The van der Waals surface area contributed by atoms with E-state index >= 15 is 0 Å². The molecule has 1 saturated carbocycles.